The van der Waals surface area contributed by atoms with E-state index < -0.39 is 11.6 Å². The number of ether oxygens (including phenoxy) is 2. The summed E-state index contributed by atoms with van der Waals surface area (Å²) in [5.41, 5.74) is 0.00207. The van der Waals surface area contributed by atoms with E-state index in [2.05, 4.69) is 4.98 Å². The van der Waals surface area contributed by atoms with E-state index in [9.17, 15) is 9.59 Å². The Kier molecular flexibility index (Phi) is 5.74. The Morgan fingerprint density at radius 1 is 1.42 bits per heavy atom. The molecule has 2 rings (SSSR count). The molecular weight excluding hydrogens is 336 g/mol. The molecule has 0 saturated carbocycles. The molecule has 0 aliphatic carbocycles. The summed E-state index contributed by atoms with van der Waals surface area (Å²) in [6.45, 7) is 8.37. The van der Waals surface area contributed by atoms with Crippen LogP contribution in [0.4, 0.5) is 4.79 Å². The molecule has 0 N–H and O–H groups in total. The average Bonchev–Trinajstić information content (AvgIpc) is 3.12. The Hall–Kier alpha value is -1.76. The molecule has 1 aromatic rings. The Labute approximate surface area is 146 Å². The SMILES string of the molecule is CCc1nc(C2CCN(C(=O)OC(C)(C)C)C2)oc1C(=O)OCCl. The van der Waals surface area contributed by atoms with Gasteiger partial charge >= 0.3 is 12.1 Å². The number of halogens is 1. The van der Waals surface area contributed by atoms with Gasteiger partial charge in [0.05, 0.1) is 11.6 Å². The fourth-order valence-corrected chi connectivity index (χ4v) is 2.61. The van der Waals surface area contributed by atoms with Crippen molar-refractivity contribution < 1.29 is 23.5 Å². The van der Waals surface area contributed by atoms with Gasteiger partial charge in [-0.15, -0.1) is 0 Å². The lowest BCUT2D eigenvalue weighted by molar-refractivity contribution is 0.0290. The largest absolute Gasteiger partial charge is 0.444 e. The summed E-state index contributed by atoms with van der Waals surface area (Å²) in [6, 6.07) is -0.242. The van der Waals surface area contributed by atoms with Crippen LogP contribution in [0, 0.1) is 0 Å². The van der Waals surface area contributed by atoms with E-state index in [1.54, 1.807) is 4.90 Å². The summed E-state index contributed by atoms with van der Waals surface area (Å²) in [5.74, 6) is -0.161. The van der Waals surface area contributed by atoms with Gasteiger partial charge in [-0.3, -0.25) is 0 Å². The minimum atomic E-state index is -0.623. The number of aryl methyl sites for hydroxylation is 1. The number of amides is 1. The van der Waals surface area contributed by atoms with E-state index in [1.807, 2.05) is 27.7 Å². The molecule has 1 fully saturated rings. The average molecular weight is 359 g/mol. The smallest absolute Gasteiger partial charge is 0.410 e. The highest BCUT2D eigenvalue weighted by molar-refractivity contribution is 6.17. The van der Waals surface area contributed by atoms with Gasteiger partial charge < -0.3 is 18.8 Å². The maximum Gasteiger partial charge on any atom is 0.410 e. The molecule has 8 heteroatoms. The number of esters is 1. The van der Waals surface area contributed by atoms with Gasteiger partial charge in [0.1, 0.15) is 5.60 Å². The predicted octanol–water partition coefficient (Wildman–Crippen LogP) is 3.31. The number of likely N-dealkylation sites (tertiary alicyclic amines) is 1. The van der Waals surface area contributed by atoms with Crippen molar-refractivity contribution in [3.8, 4) is 0 Å². The number of rotatable bonds is 4. The Morgan fingerprint density at radius 2 is 2.12 bits per heavy atom. The number of oxazole rings is 1. The highest BCUT2D eigenvalue weighted by Gasteiger charge is 2.34. The maximum atomic E-state index is 12.1. The monoisotopic (exact) mass is 358 g/mol. The molecule has 0 spiro atoms. The van der Waals surface area contributed by atoms with E-state index in [4.69, 9.17) is 25.5 Å². The Morgan fingerprint density at radius 3 is 2.71 bits per heavy atom. The molecule has 7 nitrogen and oxygen atoms in total. The third-order valence-electron chi connectivity index (χ3n) is 3.61. The molecule has 1 aliphatic rings. The topological polar surface area (TPSA) is 81.9 Å². The second kappa shape index (κ2) is 7.42. The molecule has 1 atom stereocenters. The van der Waals surface area contributed by atoms with Crippen molar-refractivity contribution >= 4 is 23.7 Å². The van der Waals surface area contributed by atoms with Crippen molar-refractivity contribution in [3.05, 3.63) is 17.3 Å². The maximum absolute atomic E-state index is 12.1. The molecule has 0 radical (unpaired) electrons. The molecule has 1 aromatic heterocycles. The van der Waals surface area contributed by atoms with Gasteiger partial charge in [-0.05, 0) is 33.6 Å². The molecule has 0 aromatic carbocycles. The summed E-state index contributed by atoms with van der Waals surface area (Å²) < 4.78 is 15.8. The van der Waals surface area contributed by atoms with E-state index in [0.29, 0.717) is 37.5 Å². The van der Waals surface area contributed by atoms with Crippen LogP contribution in [-0.4, -0.2) is 46.7 Å². The minimum Gasteiger partial charge on any atom is -0.444 e. The number of hydrogen-bond acceptors (Lipinski definition) is 6. The number of aromatic nitrogens is 1. The van der Waals surface area contributed by atoms with E-state index in [0.717, 1.165) is 0 Å². The van der Waals surface area contributed by atoms with Crippen molar-refractivity contribution in [2.45, 2.75) is 52.1 Å². The molecule has 1 saturated heterocycles. The van der Waals surface area contributed by atoms with Gasteiger partial charge in [-0.1, -0.05) is 18.5 Å². The molecule has 0 bridgehead atoms. The molecule has 1 amide bonds. The van der Waals surface area contributed by atoms with Crippen molar-refractivity contribution in [2.24, 2.45) is 0 Å². The van der Waals surface area contributed by atoms with Crippen LogP contribution >= 0.6 is 11.6 Å². The van der Waals surface area contributed by atoms with Crippen LogP contribution < -0.4 is 0 Å². The summed E-state index contributed by atoms with van der Waals surface area (Å²) in [6.07, 6.45) is 0.889. The van der Waals surface area contributed by atoms with Crippen molar-refractivity contribution in [2.75, 3.05) is 19.2 Å². The van der Waals surface area contributed by atoms with Crippen molar-refractivity contribution in [3.63, 3.8) is 0 Å². The predicted molar refractivity (Wildman–Crippen MR) is 87.2 cm³/mol. The number of nitrogens with zero attached hydrogens (tertiary/aromatic N) is 2. The van der Waals surface area contributed by atoms with Crippen LogP contribution in [0.5, 0.6) is 0 Å². The van der Waals surface area contributed by atoms with Gasteiger partial charge in [-0.2, -0.15) is 0 Å². The number of carbonyl (C=O) groups is 2. The fourth-order valence-electron chi connectivity index (χ4n) is 2.51. The molecule has 1 aliphatic heterocycles. The highest BCUT2D eigenvalue weighted by Crippen LogP contribution is 2.29. The van der Waals surface area contributed by atoms with Crippen LogP contribution in [0.15, 0.2) is 4.42 Å². The Balaban J connectivity index is 2.08. The summed E-state index contributed by atoms with van der Waals surface area (Å²) in [4.78, 5) is 30.0. The summed E-state index contributed by atoms with van der Waals surface area (Å²) in [5, 5.41) is 0. The van der Waals surface area contributed by atoms with Crippen molar-refractivity contribution in [1.82, 2.24) is 9.88 Å². The third kappa shape index (κ3) is 4.41. The van der Waals surface area contributed by atoms with Crippen LogP contribution in [-0.2, 0) is 15.9 Å². The zero-order chi connectivity index (χ0) is 17.9. The lowest BCUT2D eigenvalue weighted by atomic mass is 10.1. The summed E-state index contributed by atoms with van der Waals surface area (Å²) >= 11 is 5.42. The third-order valence-corrected chi connectivity index (χ3v) is 3.72. The standard InChI is InChI=1S/C16H23ClN2O5/c1-5-11-12(14(20)22-9-17)23-13(18-11)10-6-7-19(8-10)15(21)24-16(2,3)4/h10H,5-9H2,1-4H3. The van der Waals surface area contributed by atoms with Gasteiger partial charge in [0.25, 0.3) is 0 Å². The van der Waals surface area contributed by atoms with Gasteiger partial charge in [0.2, 0.25) is 11.7 Å². The molecule has 134 valence electrons. The lowest BCUT2D eigenvalue weighted by Gasteiger charge is -2.24. The zero-order valence-corrected chi connectivity index (χ0v) is 15.2. The highest BCUT2D eigenvalue weighted by atomic mass is 35.5. The molecular formula is C16H23ClN2O5. The lowest BCUT2D eigenvalue weighted by Crippen LogP contribution is -2.35. The van der Waals surface area contributed by atoms with Crippen LogP contribution in [0.25, 0.3) is 0 Å². The van der Waals surface area contributed by atoms with Crippen molar-refractivity contribution in [1.29, 1.82) is 0 Å². The van der Waals surface area contributed by atoms with Crippen LogP contribution in [0.1, 0.15) is 62.2 Å². The molecule has 1 unspecified atom stereocenters. The normalized spacial score (nSPS) is 17.9. The number of hydrogen-bond donors (Lipinski definition) is 0. The fraction of sp³-hybridized carbons (Fsp3) is 0.688. The summed E-state index contributed by atoms with van der Waals surface area (Å²) in [7, 11) is 0. The van der Waals surface area contributed by atoms with Gasteiger partial charge in [-0.25, -0.2) is 14.6 Å². The number of carbonyl (C=O) groups excluding carboxylic acids is 2. The first-order chi connectivity index (χ1) is 11.2. The molecule has 24 heavy (non-hydrogen) atoms. The second-order valence-corrected chi connectivity index (χ2v) is 6.85. The zero-order valence-electron chi connectivity index (χ0n) is 14.4. The first-order valence-electron chi connectivity index (χ1n) is 7.95. The van der Waals surface area contributed by atoms with Crippen LogP contribution in [0.2, 0.25) is 0 Å². The van der Waals surface area contributed by atoms with Crippen LogP contribution in [0.3, 0.4) is 0 Å². The molecule has 2 heterocycles. The first kappa shape index (κ1) is 18.6. The van der Waals surface area contributed by atoms with E-state index in [1.165, 1.54) is 0 Å². The van der Waals surface area contributed by atoms with Gasteiger partial charge in [0, 0.05) is 13.1 Å². The number of alkyl halides is 1. The van der Waals surface area contributed by atoms with E-state index in [-0.39, 0.29) is 23.8 Å². The quantitative estimate of drug-likeness (QED) is 0.606. The van der Waals surface area contributed by atoms with Gasteiger partial charge in [0.15, 0.2) is 6.07 Å². The van der Waals surface area contributed by atoms with E-state index >= 15 is 0 Å². The second-order valence-electron chi connectivity index (χ2n) is 6.63. The minimum absolute atomic E-state index is 0.0691. The Bertz CT molecular complexity index is 608. The first-order valence-corrected chi connectivity index (χ1v) is 8.49.